The topological polar surface area (TPSA) is 80.6 Å². The summed E-state index contributed by atoms with van der Waals surface area (Å²) in [5, 5.41) is 6.17. The molecule has 3 fully saturated rings. The number of para-hydroxylation sites is 1. The minimum Gasteiger partial charge on any atom is -0.467 e. The third kappa shape index (κ3) is 2.62. The summed E-state index contributed by atoms with van der Waals surface area (Å²) in [5.74, 6) is 1.38. The van der Waals surface area contributed by atoms with Crippen LogP contribution >= 0.6 is 0 Å². The molecule has 146 valence electrons. The van der Waals surface area contributed by atoms with E-state index in [2.05, 4.69) is 17.6 Å². The molecular formula is C22H24N2O4. The van der Waals surface area contributed by atoms with Gasteiger partial charge in [0, 0.05) is 18.3 Å². The van der Waals surface area contributed by atoms with Gasteiger partial charge in [0.05, 0.1) is 18.4 Å². The van der Waals surface area contributed by atoms with Gasteiger partial charge in [0.2, 0.25) is 5.91 Å². The number of nitrogens with one attached hydrogen (secondary N) is 2. The predicted octanol–water partition coefficient (Wildman–Crippen LogP) is 3.24. The van der Waals surface area contributed by atoms with Crippen molar-refractivity contribution in [3.05, 3.63) is 54.0 Å². The molecule has 3 aliphatic carbocycles. The van der Waals surface area contributed by atoms with Crippen LogP contribution in [0.1, 0.15) is 48.7 Å². The lowest BCUT2D eigenvalue weighted by molar-refractivity contribution is -0.167. The van der Waals surface area contributed by atoms with Gasteiger partial charge in [0.1, 0.15) is 11.5 Å². The highest BCUT2D eigenvalue weighted by Crippen LogP contribution is 2.58. The van der Waals surface area contributed by atoms with Crippen molar-refractivity contribution in [3.63, 3.8) is 0 Å². The lowest BCUT2D eigenvalue weighted by Crippen LogP contribution is -2.69. The van der Waals surface area contributed by atoms with Crippen LogP contribution in [0.2, 0.25) is 0 Å². The minimum absolute atomic E-state index is 0.0565. The van der Waals surface area contributed by atoms with Gasteiger partial charge >= 0.3 is 0 Å². The zero-order chi connectivity index (χ0) is 19.4. The molecule has 1 aromatic heterocycles. The first kappa shape index (κ1) is 17.3. The van der Waals surface area contributed by atoms with E-state index in [1.54, 1.807) is 12.3 Å². The molecule has 2 heterocycles. The molecule has 2 bridgehead atoms. The largest absolute Gasteiger partial charge is 0.467 e. The van der Waals surface area contributed by atoms with Crippen molar-refractivity contribution in [3.8, 4) is 5.75 Å². The third-order valence-corrected chi connectivity index (χ3v) is 6.83. The monoisotopic (exact) mass is 380 g/mol. The quantitative estimate of drug-likeness (QED) is 0.857. The normalized spacial score (nSPS) is 33.1. The van der Waals surface area contributed by atoms with Crippen molar-refractivity contribution in [2.24, 2.45) is 17.3 Å². The molecule has 6 nitrogen and oxygen atoms in total. The van der Waals surface area contributed by atoms with Gasteiger partial charge in [-0.05, 0) is 48.9 Å². The number of furan rings is 1. The molecule has 3 saturated carbocycles. The van der Waals surface area contributed by atoms with Gasteiger partial charge in [-0.1, -0.05) is 19.1 Å². The van der Waals surface area contributed by atoms with Crippen LogP contribution in [-0.4, -0.2) is 17.5 Å². The Hall–Kier alpha value is -2.76. The third-order valence-electron chi connectivity index (χ3n) is 6.83. The van der Waals surface area contributed by atoms with Crippen LogP contribution in [0.25, 0.3) is 0 Å². The molecule has 6 rings (SSSR count). The summed E-state index contributed by atoms with van der Waals surface area (Å²) in [5.41, 5.74) is -0.356. The van der Waals surface area contributed by atoms with Gasteiger partial charge in [-0.3, -0.25) is 9.59 Å². The van der Waals surface area contributed by atoms with E-state index in [1.165, 1.54) is 0 Å². The fraction of sp³-hybridized carbons (Fsp3) is 0.455. The molecule has 2 N–H and O–H groups in total. The van der Waals surface area contributed by atoms with Crippen molar-refractivity contribution in [2.75, 3.05) is 0 Å². The van der Waals surface area contributed by atoms with Crippen LogP contribution < -0.4 is 15.4 Å². The van der Waals surface area contributed by atoms with E-state index in [9.17, 15) is 9.59 Å². The molecule has 2 aromatic rings. The molecular weight excluding hydrogens is 356 g/mol. The maximum Gasteiger partial charge on any atom is 0.258 e. The van der Waals surface area contributed by atoms with Crippen molar-refractivity contribution < 1.29 is 18.7 Å². The lowest BCUT2D eigenvalue weighted by atomic mass is 9.52. The van der Waals surface area contributed by atoms with Crippen molar-refractivity contribution in [1.82, 2.24) is 10.6 Å². The molecule has 4 atom stereocenters. The summed E-state index contributed by atoms with van der Waals surface area (Å²) in [6.07, 6.45) is 4.86. The summed E-state index contributed by atoms with van der Waals surface area (Å²) >= 11 is 0. The highest BCUT2D eigenvalue weighted by Gasteiger charge is 2.61. The summed E-state index contributed by atoms with van der Waals surface area (Å²) in [4.78, 5) is 25.6. The first-order valence-corrected chi connectivity index (χ1v) is 9.90. The van der Waals surface area contributed by atoms with Gasteiger partial charge in [-0.25, -0.2) is 0 Å². The van der Waals surface area contributed by atoms with Crippen molar-refractivity contribution in [1.29, 1.82) is 0 Å². The highest BCUT2D eigenvalue weighted by molar-refractivity contribution is 5.98. The number of rotatable bonds is 3. The van der Waals surface area contributed by atoms with Gasteiger partial charge in [0.25, 0.3) is 5.91 Å². The second-order valence-corrected chi connectivity index (χ2v) is 8.59. The zero-order valence-electron chi connectivity index (χ0n) is 15.9. The molecule has 4 aliphatic rings. The second-order valence-electron chi connectivity index (χ2n) is 8.59. The molecule has 1 aliphatic heterocycles. The van der Waals surface area contributed by atoms with Crippen molar-refractivity contribution in [2.45, 2.75) is 44.9 Å². The number of carbonyl (C=O) groups is 2. The van der Waals surface area contributed by atoms with Crippen LogP contribution in [0.4, 0.5) is 0 Å². The predicted molar refractivity (Wildman–Crippen MR) is 101 cm³/mol. The van der Waals surface area contributed by atoms with Crippen LogP contribution in [0, 0.1) is 17.3 Å². The molecule has 1 spiro atoms. The van der Waals surface area contributed by atoms with E-state index in [4.69, 9.17) is 9.15 Å². The van der Waals surface area contributed by atoms with Gasteiger partial charge in [0.15, 0.2) is 5.72 Å². The van der Waals surface area contributed by atoms with E-state index >= 15 is 0 Å². The Bertz CT molecular complexity index is 924. The molecule has 0 radical (unpaired) electrons. The number of ether oxygens (including phenoxy) is 1. The highest BCUT2D eigenvalue weighted by atomic mass is 16.5. The lowest BCUT2D eigenvalue weighted by Gasteiger charge is -2.59. The van der Waals surface area contributed by atoms with Gasteiger partial charge in [-0.2, -0.15) is 0 Å². The van der Waals surface area contributed by atoms with Crippen molar-refractivity contribution >= 4 is 11.8 Å². The van der Waals surface area contributed by atoms with E-state index in [0.29, 0.717) is 30.7 Å². The Kier molecular flexibility index (Phi) is 3.79. The minimum atomic E-state index is -0.712. The average molecular weight is 380 g/mol. The van der Waals surface area contributed by atoms with Gasteiger partial charge in [-0.15, -0.1) is 0 Å². The molecule has 0 saturated heterocycles. The SMILES string of the molecule is C[C@]12CC[C@@H](C[C@@H]1C(=O)NCc1ccco1)[C@@]1(C2)NC(=O)c2ccccc2O1. The molecule has 2 amide bonds. The summed E-state index contributed by atoms with van der Waals surface area (Å²) in [6, 6.07) is 11.0. The van der Waals surface area contributed by atoms with E-state index in [0.717, 1.165) is 18.6 Å². The smallest absolute Gasteiger partial charge is 0.258 e. The molecule has 28 heavy (non-hydrogen) atoms. The second kappa shape index (κ2) is 6.12. The number of hydrogen-bond acceptors (Lipinski definition) is 4. The maximum atomic E-state index is 12.9. The number of hydrogen-bond donors (Lipinski definition) is 2. The van der Waals surface area contributed by atoms with Crippen LogP contribution in [0.3, 0.4) is 0 Å². The van der Waals surface area contributed by atoms with Crippen LogP contribution in [0.15, 0.2) is 47.1 Å². The number of amides is 2. The maximum absolute atomic E-state index is 12.9. The Morgan fingerprint density at radius 1 is 1.29 bits per heavy atom. The Morgan fingerprint density at radius 3 is 2.93 bits per heavy atom. The van der Waals surface area contributed by atoms with Crippen LogP contribution in [0.5, 0.6) is 5.75 Å². The van der Waals surface area contributed by atoms with E-state index in [-0.39, 0.29) is 29.1 Å². The first-order chi connectivity index (χ1) is 13.5. The fourth-order valence-electron chi connectivity index (χ4n) is 5.37. The number of carbonyl (C=O) groups excluding carboxylic acids is 2. The Labute approximate surface area is 163 Å². The first-order valence-electron chi connectivity index (χ1n) is 9.90. The summed E-state index contributed by atoms with van der Waals surface area (Å²) < 4.78 is 11.7. The fourth-order valence-corrected chi connectivity index (χ4v) is 5.37. The summed E-state index contributed by atoms with van der Waals surface area (Å²) in [6.45, 7) is 2.55. The Morgan fingerprint density at radius 2 is 2.14 bits per heavy atom. The standard InChI is InChI=1S/C22H24N2O4/c1-21-9-8-14(11-17(21)20(26)23-12-15-5-4-10-27-15)22(13-21)24-19(25)16-6-2-3-7-18(16)28-22/h2-7,10,14,17H,8-9,11-13H2,1H3,(H,23,26)(H,24,25)/t14-,17+,21+,22-/m0/s1. The molecule has 1 aromatic carbocycles. The van der Waals surface area contributed by atoms with E-state index < -0.39 is 5.72 Å². The van der Waals surface area contributed by atoms with Crippen LogP contribution in [-0.2, 0) is 11.3 Å². The zero-order valence-corrected chi connectivity index (χ0v) is 15.9. The molecule has 0 unspecified atom stereocenters. The van der Waals surface area contributed by atoms with Gasteiger partial charge < -0.3 is 19.8 Å². The Balaban J connectivity index is 1.37. The molecule has 6 heteroatoms. The summed E-state index contributed by atoms with van der Waals surface area (Å²) in [7, 11) is 0. The average Bonchev–Trinajstić information content (AvgIpc) is 3.19. The van der Waals surface area contributed by atoms with E-state index in [1.807, 2.05) is 30.3 Å². The number of fused-ring (bicyclic) bond motifs is 3. The number of benzene rings is 1.